The van der Waals surface area contributed by atoms with E-state index in [1.54, 1.807) is 6.07 Å². The van der Waals surface area contributed by atoms with E-state index in [0.29, 0.717) is 10.8 Å². The summed E-state index contributed by atoms with van der Waals surface area (Å²) in [5, 5.41) is 3.31. The molecule has 0 amide bonds. The van der Waals surface area contributed by atoms with Crippen LogP contribution in [0.5, 0.6) is 0 Å². The van der Waals surface area contributed by atoms with Crippen molar-refractivity contribution >= 4 is 11.8 Å². The standard InChI is InChI=1S/C14H20F3NS/c1-3-7-18-9-11(2)10-19-13-6-4-5-12(8-13)14(15,16)17/h4-6,8,11,18H,3,7,9-10H2,1-2H3. The molecule has 0 spiro atoms. The van der Waals surface area contributed by atoms with Crippen LogP contribution in [0.1, 0.15) is 25.8 Å². The smallest absolute Gasteiger partial charge is 0.316 e. The monoisotopic (exact) mass is 291 g/mol. The normalized spacial score (nSPS) is 13.5. The van der Waals surface area contributed by atoms with Gasteiger partial charge in [0.15, 0.2) is 0 Å². The van der Waals surface area contributed by atoms with Gasteiger partial charge in [0, 0.05) is 10.6 Å². The highest BCUT2D eigenvalue weighted by Gasteiger charge is 2.30. The van der Waals surface area contributed by atoms with Crippen LogP contribution in [-0.2, 0) is 6.18 Å². The molecule has 1 aromatic carbocycles. The lowest BCUT2D eigenvalue weighted by Gasteiger charge is -2.13. The van der Waals surface area contributed by atoms with Crippen LogP contribution in [0.4, 0.5) is 13.2 Å². The highest BCUT2D eigenvalue weighted by molar-refractivity contribution is 7.99. The molecule has 1 aromatic rings. The van der Waals surface area contributed by atoms with E-state index in [4.69, 9.17) is 0 Å². The number of hydrogen-bond donors (Lipinski definition) is 1. The van der Waals surface area contributed by atoms with Crippen LogP contribution >= 0.6 is 11.8 Å². The molecule has 0 aromatic heterocycles. The first kappa shape index (κ1) is 16.4. The second kappa shape index (κ2) is 7.80. The summed E-state index contributed by atoms with van der Waals surface area (Å²) in [5.74, 6) is 1.25. The molecule has 0 saturated carbocycles. The fourth-order valence-corrected chi connectivity index (χ4v) is 2.56. The van der Waals surface area contributed by atoms with Crippen LogP contribution in [0, 0.1) is 5.92 Å². The second-order valence-corrected chi connectivity index (χ2v) is 5.74. The molecular formula is C14H20F3NS. The average molecular weight is 291 g/mol. The summed E-state index contributed by atoms with van der Waals surface area (Å²) >= 11 is 1.48. The lowest BCUT2D eigenvalue weighted by molar-refractivity contribution is -0.137. The summed E-state index contributed by atoms with van der Waals surface area (Å²) in [6, 6.07) is 5.52. The van der Waals surface area contributed by atoms with E-state index >= 15 is 0 Å². The predicted molar refractivity (Wildman–Crippen MR) is 74.5 cm³/mol. The molecule has 1 rings (SSSR count). The first-order chi connectivity index (χ1) is 8.93. The quantitative estimate of drug-likeness (QED) is 0.589. The fraction of sp³-hybridized carbons (Fsp3) is 0.571. The van der Waals surface area contributed by atoms with Gasteiger partial charge in [-0.2, -0.15) is 13.2 Å². The van der Waals surface area contributed by atoms with Gasteiger partial charge in [0.2, 0.25) is 0 Å². The molecule has 1 atom stereocenters. The number of alkyl halides is 3. The summed E-state index contributed by atoms with van der Waals surface area (Å²) in [7, 11) is 0. The second-order valence-electron chi connectivity index (χ2n) is 4.65. The zero-order chi connectivity index (χ0) is 14.3. The van der Waals surface area contributed by atoms with Gasteiger partial charge in [-0.25, -0.2) is 0 Å². The van der Waals surface area contributed by atoms with E-state index < -0.39 is 11.7 Å². The van der Waals surface area contributed by atoms with Gasteiger partial charge >= 0.3 is 6.18 Å². The minimum Gasteiger partial charge on any atom is -0.316 e. The molecule has 0 heterocycles. The van der Waals surface area contributed by atoms with Gasteiger partial charge in [-0.05, 0) is 43.6 Å². The lowest BCUT2D eigenvalue weighted by atomic mass is 10.2. The van der Waals surface area contributed by atoms with E-state index in [9.17, 15) is 13.2 Å². The summed E-state index contributed by atoms with van der Waals surface area (Å²) in [6.07, 6.45) is -3.17. The Morgan fingerprint density at radius 3 is 2.68 bits per heavy atom. The van der Waals surface area contributed by atoms with Crippen LogP contribution in [0.15, 0.2) is 29.2 Å². The van der Waals surface area contributed by atoms with Crippen molar-refractivity contribution in [3.63, 3.8) is 0 Å². The Morgan fingerprint density at radius 1 is 1.32 bits per heavy atom. The van der Waals surface area contributed by atoms with E-state index in [2.05, 4.69) is 19.2 Å². The van der Waals surface area contributed by atoms with Crippen molar-refractivity contribution in [2.75, 3.05) is 18.8 Å². The Morgan fingerprint density at radius 2 is 2.05 bits per heavy atom. The molecule has 0 aliphatic heterocycles. The Hall–Kier alpha value is -0.680. The Bertz CT molecular complexity index is 379. The molecule has 1 unspecified atom stereocenters. The number of halogens is 3. The molecule has 19 heavy (non-hydrogen) atoms. The van der Waals surface area contributed by atoms with Crippen molar-refractivity contribution in [3.8, 4) is 0 Å². The van der Waals surface area contributed by atoms with Crippen molar-refractivity contribution in [1.82, 2.24) is 5.32 Å². The van der Waals surface area contributed by atoms with Gasteiger partial charge in [0.05, 0.1) is 5.56 Å². The van der Waals surface area contributed by atoms with E-state index in [0.717, 1.165) is 31.3 Å². The molecule has 0 saturated heterocycles. The number of rotatable bonds is 7. The number of benzene rings is 1. The average Bonchev–Trinajstić information content (AvgIpc) is 2.36. The van der Waals surface area contributed by atoms with Crippen LogP contribution in [-0.4, -0.2) is 18.8 Å². The molecule has 0 aliphatic carbocycles. The van der Waals surface area contributed by atoms with Crippen molar-refractivity contribution < 1.29 is 13.2 Å². The minimum atomic E-state index is -4.26. The predicted octanol–water partition coefficient (Wildman–Crippen LogP) is 4.43. The zero-order valence-corrected chi connectivity index (χ0v) is 12.1. The van der Waals surface area contributed by atoms with Gasteiger partial charge in [-0.1, -0.05) is 19.9 Å². The third-order valence-corrected chi connectivity index (χ3v) is 3.94. The third-order valence-electron chi connectivity index (χ3n) is 2.62. The van der Waals surface area contributed by atoms with Gasteiger partial charge < -0.3 is 5.32 Å². The summed E-state index contributed by atoms with van der Waals surface area (Å²) in [4.78, 5) is 0.678. The molecule has 0 aliphatic rings. The minimum absolute atomic E-state index is 0.436. The van der Waals surface area contributed by atoms with Gasteiger partial charge in [0.25, 0.3) is 0 Å². The van der Waals surface area contributed by atoms with Crippen molar-refractivity contribution in [1.29, 1.82) is 0 Å². The summed E-state index contributed by atoms with van der Waals surface area (Å²) < 4.78 is 37.7. The first-order valence-electron chi connectivity index (χ1n) is 6.44. The maximum atomic E-state index is 12.6. The van der Waals surface area contributed by atoms with Crippen molar-refractivity contribution in [2.24, 2.45) is 5.92 Å². The molecule has 0 bridgehead atoms. The molecule has 1 nitrogen and oxygen atoms in total. The zero-order valence-electron chi connectivity index (χ0n) is 11.3. The summed E-state index contributed by atoms with van der Waals surface area (Å²) in [5.41, 5.74) is -0.575. The Kier molecular flexibility index (Phi) is 6.72. The molecule has 0 fully saturated rings. The highest BCUT2D eigenvalue weighted by atomic mass is 32.2. The largest absolute Gasteiger partial charge is 0.416 e. The fourth-order valence-electron chi connectivity index (χ4n) is 1.58. The number of thioether (sulfide) groups is 1. The summed E-state index contributed by atoms with van der Waals surface area (Å²) in [6.45, 7) is 6.09. The van der Waals surface area contributed by atoms with Crippen LogP contribution < -0.4 is 5.32 Å². The lowest BCUT2D eigenvalue weighted by Crippen LogP contribution is -2.23. The SMILES string of the molecule is CCCNCC(C)CSc1cccc(C(F)(F)F)c1. The van der Waals surface area contributed by atoms with E-state index in [1.165, 1.54) is 23.9 Å². The van der Waals surface area contributed by atoms with Gasteiger partial charge in [-0.15, -0.1) is 11.8 Å². The van der Waals surface area contributed by atoms with Crippen LogP contribution in [0.3, 0.4) is 0 Å². The Balaban J connectivity index is 2.45. The number of hydrogen-bond acceptors (Lipinski definition) is 2. The topological polar surface area (TPSA) is 12.0 Å². The molecule has 0 radical (unpaired) electrons. The van der Waals surface area contributed by atoms with Gasteiger partial charge in [-0.3, -0.25) is 0 Å². The molecule has 108 valence electrons. The van der Waals surface area contributed by atoms with Crippen LogP contribution in [0.2, 0.25) is 0 Å². The highest BCUT2D eigenvalue weighted by Crippen LogP contribution is 2.32. The van der Waals surface area contributed by atoms with Crippen LogP contribution in [0.25, 0.3) is 0 Å². The molecule has 5 heteroatoms. The van der Waals surface area contributed by atoms with E-state index in [1.807, 2.05) is 0 Å². The maximum Gasteiger partial charge on any atom is 0.416 e. The van der Waals surface area contributed by atoms with Crippen molar-refractivity contribution in [2.45, 2.75) is 31.3 Å². The van der Waals surface area contributed by atoms with Crippen molar-refractivity contribution in [3.05, 3.63) is 29.8 Å². The van der Waals surface area contributed by atoms with Gasteiger partial charge in [0.1, 0.15) is 0 Å². The van der Waals surface area contributed by atoms with E-state index in [-0.39, 0.29) is 0 Å². The third kappa shape index (κ3) is 6.34. The first-order valence-corrected chi connectivity index (χ1v) is 7.42. The molecular weight excluding hydrogens is 271 g/mol. The molecule has 1 N–H and O–H groups in total. The number of nitrogens with one attached hydrogen (secondary N) is 1. The Labute approximate surface area is 117 Å². The maximum absolute atomic E-state index is 12.6.